The van der Waals surface area contributed by atoms with E-state index >= 15 is 0 Å². The first-order chi connectivity index (χ1) is 10.1. The van der Waals surface area contributed by atoms with Crippen molar-refractivity contribution < 1.29 is 14.5 Å². The van der Waals surface area contributed by atoms with Gasteiger partial charge in [-0.15, -0.1) is 0 Å². The second-order valence-electron chi connectivity index (χ2n) is 4.35. The highest BCUT2D eigenvalue weighted by molar-refractivity contribution is 5.84. The summed E-state index contributed by atoms with van der Waals surface area (Å²) in [5, 5.41) is 13.5. The molecule has 0 bridgehead atoms. The number of hydrogen-bond acceptors (Lipinski definition) is 4. The Kier molecular flexibility index (Phi) is 4.50. The number of amides is 1. The van der Waals surface area contributed by atoms with Gasteiger partial charge < -0.3 is 4.74 Å². The van der Waals surface area contributed by atoms with E-state index in [1.807, 2.05) is 6.07 Å². The molecular weight excluding hydrogens is 272 g/mol. The Morgan fingerprint density at radius 3 is 2.43 bits per heavy atom. The van der Waals surface area contributed by atoms with Crippen LogP contribution in [0.25, 0.3) is 0 Å². The zero-order chi connectivity index (χ0) is 15.2. The van der Waals surface area contributed by atoms with Crippen LogP contribution in [-0.4, -0.2) is 11.0 Å². The van der Waals surface area contributed by atoms with Crippen molar-refractivity contribution in [3.8, 4) is 0 Å². The summed E-state index contributed by atoms with van der Waals surface area (Å²) < 4.78 is 5.18. The van der Waals surface area contributed by atoms with Gasteiger partial charge in [0.15, 0.2) is 0 Å². The number of nitrogens with one attached hydrogen (secondary N) is 1. The van der Waals surface area contributed by atoms with Gasteiger partial charge in [0.25, 0.3) is 5.69 Å². The fourth-order valence-electron chi connectivity index (χ4n) is 1.89. The number of benzene rings is 2. The van der Waals surface area contributed by atoms with Crippen LogP contribution in [0.15, 0.2) is 54.6 Å². The Bertz CT molecular complexity index is 643. The second kappa shape index (κ2) is 6.51. The molecule has 0 heterocycles. The van der Waals surface area contributed by atoms with E-state index in [4.69, 9.17) is 4.74 Å². The smallest absolute Gasteiger partial charge is 0.412 e. The van der Waals surface area contributed by atoms with Gasteiger partial charge in [-0.25, -0.2) is 4.79 Å². The van der Waals surface area contributed by atoms with Crippen molar-refractivity contribution >= 4 is 17.5 Å². The predicted molar refractivity (Wildman–Crippen MR) is 78.1 cm³/mol. The molecule has 0 aromatic heterocycles. The summed E-state index contributed by atoms with van der Waals surface area (Å²) in [5.74, 6) is 0. The van der Waals surface area contributed by atoms with Gasteiger partial charge in [0, 0.05) is 11.8 Å². The van der Waals surface area contributed by atoms with Crippen LogP contribution in [0.2, 0.25) is 0 Å². The van der Waals surface area contributed by atoms with E-state index in [0.29, 0.717) is 11.3 Å². The van der Waals surface area contributed by atoms with E-state index in [1.54, 1.807) is 49.4 Å². The lowest BCUT2D eigenvalue weighted by molar-refractivity contribution is -0.386. The van der Waals surface area contributed by atoms with E-state index in [2.05, 4.69) is 5.32 Å². The number of nitro groups is 1. The van der Waals surface area contributed by atoms with Crippen molar-refractivity contribution in [3.63, 3.8) is 0 Å². The number of rotatable bonds is 4. The third kappa shape index (κ3) is 3.79. The van der Waals surface area contributed by atoms with E-state index < -0.39 is 17.1 Å². The first kappa shape index (κ1) is 14.5. The molecule has 0 saturated carbocycles. The second-order valence-corrected chi connectivity index (χ2v) is 4.35. The lowest BCUT2D eigenvalue weighted by Crippen LogP contribution is -2.16. The summed E-state index contributed by atoms with van der Waals surface area (Å²) in [4.78, 5) is 22.2. The monoisotopic (exact) mass is 286 g/mol. The molecule has 0 fully saturated rings. The van der Waals surface area contributed by atoms with Crippen molar-refractivity contribution in [1.29, 1.82) is 0 Å². The van der Waals surface area contributed by atoms with Crippen LogP contribution in [-0.2, 0) is 4.74 Å². The number of para-hydroxylation sites is 2. The Morgan fingerprint density at radius 2 is 1.76 bits per heavy atom. The Labute approximate surface area is 121 Å². The fourth-order valence-corrected chi connectivity index (χ4v) is 1.89. The number of nitrogens with zero attached hydrogens (tertiary/aromatic N) is 1. The quantitative estimate of drug-likeness (QED) is 0.682. The third-order valence-electron chi connectivity index (χ3n) is 2.88. The summed E-state index contributed by atoms with van der Waals surface area (Å²) in [6, 6.07) is 15.0. The number of carbonyl (C=O) groups is 1. The average Bonchev–Trinajstić information content (AvgIpc) is 2.48. The molecule has 0 saturated heterocycles. The van der Waals surface area contributed by atoms with E-state index in [1.165, 1.54) is 6.07 Å². The molecule has 0 spiro atoms. The van der Waals surface area contributed by atoms with Crippen molar-refractivity contribution in [1.82, 2.24) is 0 Å². The number of ether oxygens (including phenoxy) is 1. The predicted octanol–water partition coefficient (Wildman–Crippen LogP) is 3.90. The number of nitro benzene ring substituents is 1. The Hall–Kier alpha value is -2.89. The maximum atomic E-state index is 11.8. The first-order valence-electron chi connectivity index (χ1n) is 6.34. The molecule has 0 aliphatic carbocycles. The molecule has 2 aromatic rings. The lowest BCUT2D eigenvalue weighted by Gasteiger charge is -2.14. The Morgan fingerprint density at radius 1 is 1.14 bits per heavy atom. The van der Waals surface area contributed by atoms with Crippen LogP contribution in [0.5, 0.6) is 0 Å². The minimum Gasteiger partial charge on any atom is -0.441 e. The molecule has 6 nitrogen and oxygen atoms in total. The Balaban J connectivity index is 2.06. The molecule has 0 aliphatic heterocycles. The number of carbonyl (C=O) groups excluding carboxylic acids is 1. The molecule has 1 N–H and O–H groups in total. The lowest BCUT2D eigenvalue weighted by atomic mass is 10.1. The van der Waals surface area contributed by atoms with Gasteiger partial charge in [-0.2, -0.15) is 0 Å². The molecule has 6 heteroatoms. The normalized spacial score (nSPS) is 11.5. The third-order valence-corrected chi connectivity index (χ3v) is 2.88. The van der Waals surface area contributed by atoms with E-state index in [-0.39, 0.29) is 5.69 Å². The molecule has 108 valence electrons. The molecule has 1 unspecified atom stereocenters. The van der Waals surface area contributed by atoms with Gasteiger partial charge >= 0.3 is 6.09 Å². The number of hydrogen-bond donors (Lipinski definition) is 1. The van der Waals surface area contributed by atoms with Crippen molar-refractivity contribution in [2.24, 2.45) is 0 Å². The van der Waals surface area contributed by atoms with Crippen LogP contribution in [0, 0.1) is 10.1 Å². The van der Waals surface area contributed by atoms with Crippen LogP contribution in [0.3, 0.4) is 0 Å². The van der Waals surface area contributed by atoms with Crippen LogP contribution < -0.4 is 5.32 Å². The topological polar surface area (TPSA) is 81.5 Å². The molecule has 2 aromatic carbocycles. The summed E-state index contributed by atoms with van der Waals surface area (Å²) in [5.41, 5.74) is 0.875. The summed E-state index contributed by atoms with van der Waals surface area (Å²) >= 11 is 0. The highest BCUT2D eigenvalue weighted by Gasteiger charge is 2.21. The van der Waals surface area contributed by atoms with Gasteiger partial charge in [0.05, 0.1) is 10.5 Å². The minimum absolute atomic E-state index is 0.0717. The summed E-state index contributed by atoms with van der Waals surface area (Å²) in [6.45, 7) is 1.59. The van der Waals surface area contributed by atoms with E-state index in [0.717, 1.165) is 0 Å². The first-order valence-corrected chi connectivity index (χ1v) is 6.34. The molecule has 0 radical (unpaired) electrons. The average molecular weight is 286 g/mol. The van der Waals surface area contributed by atoms with Gasteiger partial charge in [0.2, 0.25) is 0 Å². The maximum absolute atomic E-state index is 11.8. The standard InChI is InChI=1S/C15H14N2O4/c1-11(13-9-5-6-10-14(13)17(19)20)21-15(18)16-12-7-3-2-4-8-12/h2-11H,1H3,(H,16,18). The molecule has 1 atom stereocenters. The molecule has 2 rings (SSSR count). The molecule has 0 aliphatic rings. The summed E-state index contributed by atoms with van der Waals surface area (Å²) in [7, 11) is 0. The highest BCUT2D eigenvalue weighted by Crippen LogP contribution is 2.27. The van der Waals surface area contributed by atoms with Crippen molar-refractivity contribution in [2.75, 3.05) is 5.32 Å². The molecule has 21 heavy (non-hydrogen) atoms. The summed E-state index contributed by atoms with van der Waals surface area (Å²) in [6.07, 6.45) is -1.39. The molecular formula is C15H14N2O4. The van der Waals surface area contributed by atoms with Gasteiger partial charge in [-0.1, -0.05) is 30.3 Å². The zero-order valence-corrected chi connectivity index (χ0v) is 11.4. The van der Waals surface area contributed by atoms with Gasteiger partial charge in [0.1, 0.15) is 6.10 Å². The maximum Gasteiger partial charge on any atom is 0.412 e. The van der Waals surface area contributed by atoms with Crippen molar-refractivity contribution in [2.45, 2.75) is 13.0 Å². The van der Waals surface area contributed by atoms with Gasteiger partial charge in [-0.05, 0) is 25.1 Å². The minimum atomic E-state index is -0.727. The van der Waals surface area contributed by atoms with Crippen LogP contribution >= 0.6 is 0 Å². The fraction of sp³-hybridized carbons (Fsp3) is 0.133. The van der Waals surface area contributed by atoms with Crippen LogP contribution in [0.1, 0.15) is 18.6 Å². The van der Waals surface area contributed by atoms with Crippen LogP contribution in [0.4, 0.5) is 16.2 Å². The largest absolute Gasteiger partial charge is 0.441 e. The molecule has 1 amide bonds. The SMILES string of the molecule is CC(OC(=O)Nc1ccccc1)c1ccccc1[N+](=O)[O-]. The zero-order valence-electron chi connectivity index (χ0n) is 11.4. The highest BCUT2D eigenvalue weighted by atomic mass is 16.6. The van der Waals surface area contributed by atoms with E-state index in [9.17, 15) is 14.9 Å². The van der Waals surface area contributed by atoms with Gasteiger partial charge in [-0.3, -0.25) is 15.4 Å². The van der Waals surface area contributed by atoms with Crippen molar-refractivity contribution in [3.05, 3.63) is 70.3 Å². The number of anilines is 1.